The van der Waals surface area contributed by atoms with Crippen LogP contribution < -0.4 is 4.74 Å². The number of ether oxygens (including phenoxy) is 2. The molecule has 1 amide bonds. The molecule has 1 aliphatic heterocycles. The van der Waals surface area contributed by atoms with Crippen LogP contribution in [0, 0.1) is 18.8 Å². The number of para-hydroxylation sites is 2. The van der Waals surface area contributed by atoms with Gasteiger partial charge in [0.15, 0.2) is 0 Å². The summed E-state index contributed by atoms with van der Waals surface area (Å²) < 4.78 is 11.9. The summed E-state index contributed by atoms with van der Waals surface area (Å²) >= 11 is 0. The predicted molar refractivity (Wildman–Crippen MR) is 145 cm³/mol. The lowest BCUT2D eigenvalue weighted by molar-refractivity contribution is -0.141. The van der Waals surface area contributed by atoms with Crippen LogP contribution >= 0.6 is 0 Å². The molecule has 0 radical (unpaired) electrons. The minimum absolute atomic E-state index is 0.106. The molecule has 6 heteroatoms. The van der Waals surface area contributed by atoms with Gasteiger partial charge < -0.3 is 24.6 Å². The fourth-order valence-electron chi connectivity index (χ4n) is 6.01. The van der Waals surface area contributed by atoms with Crippen molar-refractivity contribution in [2.75, 3.05) is 26.3 Å². The van der Waals surface area contributed by atoms with Gasteiger partial charge in [0.05, 0.1) is 11.7 Å². The Bertz CT molecular complexity index is 1030. The molecule has 0 unspecified atom stereocenters. The number of aliphatic hydroxyl groups excluding tert-OH is 1. The number of likely N-dealkylation sites (tertiary alicyclic amines) is 1. The maximum absolute atomic E-state index is 13.3. The maximum Gasteiger partial charge on any atom is 0.225 e. The molecular formula is C31H43NO5. The van der Waals surface area contributed by atoms with Gasteiger partial charge in [-0.25, -0.2) is 0 Å². The Kier molecular flexibility index (Phi) is 9.63. The van der Waals surface area contributed by atoms with E-state index in [9.17, 15) is 15.0 Å². The second-order valence-corrected chi connectivity index (χ2v) is 10.7. The van der Waals surface area contributed by atoms with E-state index in [0.29, 0.717) is 51.3 Å². The first-order chi connectivity index (χ1) is 17.9. The number of hydrogen-bond acceptors (Lipinski definition) is 5. The number of piperidine rings is 1. The first-order valence-corrected chi connectivity index (χ1v) is 14.0. The topological polar surface area (TPSA) is 79.2 Å². The number of hydrogen-bond donors (Lipinski definition) is 2. The van der Waals surface area contributed by atoms with E-state index in [1.165, 1.54) is 0 Å². The van der Waals surface area contributed by atoms with Crippen molar-refractivity contribution in [1.29, 1.82) is 0 Å². The molecule has 2 N–H and O–H groups in total. The Labute approximate surface area is 221 Å². The van der Waals surface area contributed by atoms with Gasteiger partial charge in [0.2, 0.25) is 5.91 Å². The van der Waals surface area contributed by atoms with E-state index in [1.54, 1.807) is 0 Å². The van der Waals surface area contributed by atoms with Gasteiger partial charge in [-0.3, -0.25) is 4.79 Å². The number of carbonyl (C=O) groups is 1. The highest BCUT2D eigenvalue weighted by Crippen LogP contribution is 2.45. The molecule has 1 heterocycles. The second kappa shape index (κ2) is 12.9. The SMILES string of the molecule is CCOCCCC[C@@](O)(c1ccccc1Oc1ccccc1C)[C@@H]1CCCN(C(=O)[C@H]2CC[C@@H](O)C2)C1. The summed E-state index contributed by atoms with van der Waals surface area (Å²) in [6, 6.07) is 15.7. The molecule has 2 aromatic rings. The highest BCUT2D eigenvalue weighted by molar-refractivity contribution is 5.79. The quantitative estimate of drug-likeness (QED) is 0.387. The third kappa shape index (κ3) is 6.73. The van der Waals surface area contributed by atoms with E-state index in [2.05, 4.69) is 0 Å². The Morgan fingerprint density at radius 2 is 1.81 bits per heavy atom. The molecule has 1 saturated carbocycles. The first-order valence-electron chi connectivity index (χ1n) is 14.0. The summed E-state index contributed by atoms with van der Waals surface area (Å²) in [5, 5.41) is 22.5. The molecule has 1 saturated heterocycles. The Morgan fingerprint density at radius 3 is 2.54 bits per heavy atom. The molecular weight excluding hydrogens is 466 g/mol. The van der Waals surface area contributed by atoms with Gasteiger partial charge in [-0.1, -0.05) is 36.4 Å². The summed E-state index contributed by atoms with van der Waals surface area (Å²) in [6.45, 7) is 6.60. The lowest BCUT2D eigenvalue weighted by atomic mass is 9.73. The number of aliphatic hydroxyl groups is 2. The van der Waals surface area contributed by atoms with Crippen LogP contribution in [0.4, 0.5) is 0 Å². The Morgan fingerprint density at radius 1 is 1.05 bits per heavy atom. The molecule has 202 valence electrons. The van der Waals surface area contributed by atoms with E-state index >= 15 is 0 Å². The lowest BCUT2D eigenvalue weighted by Gasteiger charge is -2.44. The van der Waals surface area contributed by atoms with Gasteiger partial charge in [-0.2, -0.15) is 0 Å². The highest BCUT2D eigenvalue weighted by Gasteiger charge is 2.44. The van der Waals surface area contributed by atoms with Crippen LogP contribution in [0.2, 0.25) is 0 Å². The van der Waals surface area contributed by atoms with Gasteiger partial charge in [0.1, 0.15) is 11.5 Å². The Balaban J connectivity index is 1.60. The molecule has 0 spiro atoms. The summed E-state index contributed by atoms with van der Waals surface area (Å²) in [4.78, 5) is 15.3. The van der Waals surface area contributed by atoms with E-state index in [1.807, 2.05) is 67.3 Å². The molecule has 2 fully saturated rings. The van der Waals surface area contributed by atoms with Crippen molar-refractivity contribution in [2.24, 2.45) is 11.8 Å². The molecule has 4 atom stereocenters. The van der Waals surface area contributed by atoms with Gasteiger partial charge in [-0.15, -0.1) is 0 Å². The van der Waals surface area contributed by atoms with Crippen molar-refractivity contribution in [2.45, 2.75) is 76.9 Å². The average molecular weight is 510 g/mol. The van der Waals surface area contributed by atoms with Crippen LogP contribution in [0.5, 0.6) is 11.5 Å². The molecule has 0 bridgehead atoms. The molecule has 6 nitrogen and oxygen atoms in total. The maximum atomic E-state index is 13.3. The number of amides is 1. The van der Waals surface area contributed by atoms with Gasteiger partial charge in [-0.05, 0) is 82.9 Å². The van der Waals surface area contributed by atoms with Crippen LogP contribution in [0.25, 0.3) is 0 Å². The molecule has 37 heavy (non-hydrogen) atoms. The minimum atomic E-state index is -1.14. The fraction of sp³-hybridized carbons (Fsp3) is 0.581. The summed E-state index contributed by atoms with van der Waals surface area (Å²) in [5.41, 5.74) is 0.676. The van der Waals surface area contributed by atoms with Crippen molar-refractivity contribution in [3.8, 4) is 11.5 Å². The van der Waals surface area contributed by atoms with Crippen LogP contribution in [0.1, 0.15) is 69.4 Å². The van der Waals surface area contributed by atoms with Crippen LogP contribution in [0.3, 0.4) is 0 Å². The van der Waals surface area contributed by atoms with Crippen LogP contribution in [0.15, 0.2) is 48.5 Å². The zero-order valence-corrected chi connectivity index (χ0v) is 22.4. The van der Waals surface area contributed by atoms with Crippen molar-refractivity contribution in [1.82, 2.24) is 4.90 Å². The lowest BCUT2D eigenvalue weighted by Crippen LogP contribution is -2.49. The van der Waals surface area contributed by atoms with Gasteiger partial charge in [0, 0.05) is 43.7 Å². The zero-order valence-electron chi connectivity index (χ0n) is 22.4. The smallest absolute Gasteiger partial charge is 0.225 e. The largest absolute Gasteiger partial charge is 0.457 e. The van der Waals surface area contributed by atoms with Gasteiger partial charge >= 0.3 is 0 Å². The molecule has 4 rings (SSSR count). The van der Waals surface area contributed by atoms with E-state index < -0.39 is 5.60 Å². The molecule has 0 aromatic heterocycles. The van der Waals surface area contributed by atoms with Gasteiger partial charge in [0.25, 0.3) is 0 Å². The number of aryl methyl sites for hydroxylation is 1. The van der Waals surface area contributed by atoms with Crippen molar-refractivity contribution < 1.29 is 24.5 Å². The fourth-order valence-corrected chi connectivity index (χ4v) is 6.01. The second-order valence-electron chi connectivity index (χ2n) is 10.7. The molecule has 2 aliphatic rings. The normalized spacial score (nSPS) is 23.6. The van der Waals surface area contributed by atoms with E-state index in [-0.39, 0.29) is 23.8 Å². The third-order valence-electron chi connectivity index (χ3n) is 8.13. The third-order valence-corrected chi connectivity index (χ3v) is 8.13. The van der Waals surface area contributed by atoms with Crippen molar-refractivity contribution >= 4 is 5.91 Å². The zero-order chi connectivity index (χ0) is 26.3. The van der Waals surface area contributed by atoms with Crippen molar-refractivity contribution in [3.63, 3.8) is 0 Å². The van der Waals surface area contributed by atoms with Crippen molar-refractivity contribution in [3.05, 3.63) is 59.7 Å². The average Bonchev–Trinajstić information content (AvgIpc) is 3.36. The van der Waals surface area contributed by atoms with E-state index in [4.69, 9.17) is 9.47 Å². The summed E-state index contributed by atoms with van der Waals surface area (Å²) in [5.74, 6) is 1.35. The Hall–Kier alpha value is -2.41. The summed E-state index contributed by atoms with van der Waals surface area (Å²) in [6.07, 6.45) is 5.57. The number of benzene rings is 2. The number of carbonyl (C=O) groups excluding carboxylic acids is 1. The van der Waals surface area contributed by atoms with E-state index in [0.717, 1.165) is 49.0 Å². The minimum Gasteiger partial charge on any atom is -0.457 e. The van der Waals surface area contributed by atoms with Crippen LogP contribution in [-0.2, 0) is 15.1 Å². The number of nitrogens with zero attached hydrogens (tertiary/aromatic N) is 1. The first kappa shape index (κ1) is 27.6. The molecule has 1 aliphatic carbocycles. The predicted octanol–water partition coefficient (Wildman–Crippen LogP) is 5.58. The van der Waals surface area contributed by atoms with Crippen LogP contribution in [-0.4, -0.2) is 53.4 Å². The summed E-state index contributed by atoms with van der Waals surface area (Å²) in [7, 11) is 0. The number of rotatable bonds is 11. The monoisotopic (exact) mass is 509 g/mol. The number of unbranched alkanes of at least 4 members (excludes halogenated alkanes) is 1. The highest BCUT2D eigenvalue weighted by atomic mass is 16.5. The molecule has 2 aromatic carbocycles. The standard InChI is InChI=1S/C31H43NO5/c1-3-36-20-9-8-18-31(35,25-12-10-19-32(22-25)30(34)24-16-17-26(33)21-24)27-13-5-7-15-29(27)37-28-14-6-4-11-23(28)2/h4-7,11,13-15,24-26,33,35H,3,8-10,12,16-22H2,1-2H3/t24-,25+,26+,31-/m0/s1.